The maximum Gasteiger partial charge on any atom is 0.336 e. The number of hydrogen-bond donors (Lipinski definition) is 0. The normalized spacial score (nSPS) is 18.7. The molecule has 1 aliphatic rings. The maximum atomic E-state index is 11.8. The Kier molecular flexibility index (Phi) is 4.05. The highest BCUT2D eigenvalue weighted by Crippen LogP contribution is 2.27. The van der Waals surface area contributed by atoms with E-state index >= 15 is 0 Å². The van der Waals surface area contributed by atoms with E-state index in [9.17, 15) is 4.79 Å². The average molecular weight is 257 g/mol. The zero-order valence-corrected chi connectivity index (χ0v) is 11.6. The molecule has 0 spiro atoms. The Bertz CT molecular complexity index is 517. The van der Waals surface area contributed by atoms with Crippen molar-refractivity contribution in [3.63, 3.8) is 0 Å². The number of rotatable bonds is 3. The van der Waals surface area contributed by atoms with Gasteiger partial charge in [-0.2, -0.15) is 0 Å². The monoisotopic (exact) mass is 257 g/mol. The molecule has 0 saturated heterocycles. The second kappa shape index (κ2) is 5.74. The lowest BCUT2D eigenvalue weighted by Crippen LogP contribution is -2.25. The van der Waals surface area contributed by atoms with Crippen LogP contribution in [0.25, 0.3) is 0 Å². The highest BCUT2D eigenvalue weighted by Gasteiger charge is 2.24. The molecule has 0 bridgehead atoms. The van der Waals surface area contributed by atoms with Gasteiger partial charge in [-0.05, 0) is 12.5 Å². The van der Waals surface area contributed by atoms with Gasteiger partial charge >= 0.3 is 5.97 Å². The number of ether oxygens (including phenoxy) is 1. The van der Waals surface area contributed by atoms with Crippen molar-refractivity contribution in [1.29, 1.82) is 0 Å². The molecule has 0 saturated carbocycles. The molecule has 3 nitrogen and oxygen atoms in total. The van der Waals surface area contributed by atoms with Crippen LogP contribution in [0.1, 0.15) is 19.4 Å². The fraction of sp³-hybridized carbons (Fsp3) is 0.312. The number of carbonyl (C=O) groups excluding carboxylic acids is 1. The summed E-state index contributed by atoms with van der Waals surface area (Å²) in [5.74, 6) is -0.146. The van der Waals surface area contributed by atoms with Crippen LogP contribution in [0.15, 0.2) is 53.9 Å². The SMILES string of the molecule is COC(=O)C1=C(C)N(Cc2ccccc2)C=CC1C. The highest BCUT2D eigenvalue weighted by molar-refractivity contribution is 5.90. The van der Waals surface area contributed by atoms with Crippen LogP contribution in [0.5, 0.6) is 0 Å². The lowest BCUT2D eigenvalue weighted by Gasteiger charge is -2.29. The first-order chi connectivity index (χ1) is 9.13. The number of allylic oxidation sites excluding steroid dienone is 2. The van der Waals surface area contributed by atoms with Crippen LogP contribution < -0.4 is 0 Å². The second-order valence-corrected chi connectivity index (χ2v) is 4.73. The number of carbonyl (C=O) groups is 1. The van der Waals surface area contributed by atoms with Crippen molar-refractivity contribution in [3.8, 4) is 0 Å². The van der Waals surface area contributed by atoms with Gasteiger partial charge < -0.3 is 9.64 Å². The van der Waals surface area contributed by atoms with Crippen LogP contribution in [0.4, 0.5) is 0 Å². The van der Waals surface area contributed by atoms with Gasteiger partial charge in [0.15, 0.2) is 0 Å². The lowest BCUT2D eigenvalue weighted by molar-refractivity contribution is -0.136. The highest BCUT2D eigenvalue weighted by atomic mass is 16.5. The first kappa shape index (κ1) is 13.4. The van der Waals surface area contributed by atoms with Gasteiger partial charge in [-0.25, -0.2) is 4.79 Å². The van der Waals surface area contributed by atoms with Crippen molar-refractivity contribution in [2.45, 2.75) is 20.4 Å². The molecule has 0 aromatic heterocycles. The Morgan fingerprint density at radius 1 is 1.32 bits per heavy atom. The van der Waals surface area contributed by atoms with Crippen LogP contribution in [0, 0.1) is 5.92 Å². The predicted octanol–water partition coefficient (Wildman–Crippen LogP) is 3.10. The van der Waals surface area contributed by atoms with Gasteiger partial charge in [0.05, 0.1) is 12.7 Å². The molecule has 1 aromatic carbocycles. The van der Waals surface area contributed by atoms with E-state index in [2.05, 4.69) is 17.0 Å². The minimum Gasteiger partial charge on any atom is -0.466 e. The summed E-state index contributed by atoms with van der Waals surface area (Å²) in [7, 11) is 1.43. The van der Waals surface area contributed by atoms with E-state index in [1.165, 1.54) is 12.7 Å². The largest absolute Gasteiger partial charge is 0.466 e. The topological polar surface area (TPSA) is 29.5 Å². The second-order valence-electron chi connectivity index (χ2n) is 4.73. The number of nitrogens with zero attached hydrogens (tertiary/aromatic N) is 1. The van der Waals surface area contributed by atoms with Crippen molar-refractivity contribution >= 4 is 5.97 Å². The average Bonchev–Trinajstić information content (AvgIpc) is 2.43. The zero-order valence-electron chi connectivity index (χ0n) is 11.6. The molecule has 0 fully saturated rings. The molecular weight excluding hydrogens is 238 g/mol. The number of hydrogen-bond acceptors (Lipinski definition) is 3. The smallest absolute Gasteiger partial charge is 0.336 e. The van der Waals surface area contributed by atoms with Gasteiger partial charge in [0.2, 0.25) is 0 Å². The third kappa shape index (κ3) is 2.87. The molecule has 1 heterocycles. The van der Waals surface area contributed by atoms with Gasteiger partial charge in [-0.3, -0.25) is 0 Å². The summed E-state index contributed by atoms with van der Waals surface area (Å²) < 4.78 is 4.87. The number of esters is 1. The van der Waals surface area contributed by atoms with Crippen molar-refractivity contribution in [3.05, 3.63) is 59.4 Å². The summed E-state index contributed by atoms with van der Waals surface area (Å²) >= 11 is 0. The van der Waals surface area contributed by atoms with Crippen LogP contribution in [0.2, 0.25) is 0 Å². The summed E-state index contributed by atoms with van der Waals surface area (Å²) in [6.45, 7) is 4.73. The molecule has 2 rings (SSSR count). The van der Waals surface area contributed by atoms with E-state index in [4.69, 9.17) is 4.74 Å². The van der Waals surface area contributed by atoms with Gasteiger partial charge in [0, 0.05) is 24.4 Å². The van der Waals surface area contributed by atoms with Crippen LogP contribution >= 0.6 is 0 Å². The summed E-state index contributed by atoms with van der Waals surface area (Å²) in [6, 6.07) is 10.2. The Morgan fingerprint density at radius 3 is 2.63 bits per heavy atom. The molecule has 1 aliphatic heterocycles. The van der Waals surface area contributed by atoms with Gasteiger partial charge in [-0.1, -0.05) is 43.3 Å². The van der Waals surface area contributed by atoms with Crippen molar-refractivity contribution in [1.82, 2.24) is 4.90 Å². The van der Waals surface area contributed by atoms with E-state index in [1.807, 2.05) is 44.3 Å². The van der Waals surface area contributed by atoms with Gasteiger partial charge in [-0.15, -0.1) is 0 Å². The fourth-order valence-corrected chi connectivity index (χ4v) is 2.32. The van der Waals surface area contributed by atoms with Gasteiger partial charge in [0.1, 0.15) is 0 Å². The quantitative estimate of drug-likeness (QED) is 0.779. The third-order valence-corrected chi connectivity index (χ3v) is 3.43. The Labute approximate surface area is 114 Å². The molecule has 0 N–H and O–H groups in total. The fourth-order valence-electron chi connectivity index (χ4n) is 2.32. The van der Waals surface area contributed by atoms with Crippen LogP contribution in [0.3, 0.4) is 0 Å². The van der Waals surface area contributed by atoms with E-state index in [-0.39, 0.29) is 11.9 Å². The first-order valence-electron chi connectivity index (χ1n) is 6.41. The Morgan fingerprint density at radius 2 is 2.00 bits per heavy atom. The molecule has 0 aliphatic carbocycles. The molecule has 3 heteroatoms. The zero-order chi connectivity index (χ0) is 13.8. The van der Waals surface area contributed by atoms with Crippen molar-refractivity contribution in [2.24, 2.45) is 5.92 Å². The summed E-state index contributed by atoms with van der Waals surface area (Å²) in [4.78, 5) is 13.9. The number of methoxy groups -OCH3 is 1. The molecule has 0 amide bonds. The molecule has 0 radical (unpaired) electrons. The Balaban J connectivity index is 2.25. The lowest BCUT2D eigenvalue weighted by atomic mass is 9.96. The molecular formula is C16H19NO2. The molecule has 1 atom stereocenters. The van der Waals surface area contributed by atoms with Crippen LogP contribution in [-0.4, -0.2) is 18.0 Å². The first-order valence-corrected chi connectivity index (χ1v) is 6.41. The maximum absolute atomic E-state index is 11.8. The molecule has 1 aromatic rings. The summed E-state index contributed by atoms with van der Waals surface area (Å²) in [5.41, 5.74) is 2.91. The minimum absolute atomic E-state index is 0.0967. The summed E-state index contributed by atoms with van der Waals surface area (Å²) in [5, 5.41) is 0. The van der Waals surface area contributed by atoms with Crippen molar-refractivity contribution in [2.75, 3.05) is 7.11 Å². The minimum atomic E-state index is -0.243. The van der Waals surface area contributed by atoms with Gasteiger partial charge in [0.25, 0.3) is 0 Å². The summed E-state index contributed by atoms with van der Waals surface area (Å²) in [6.07, 6.45) is 4.07. The van der Waals surface area contributed by atoms with E-state index in [1.54, 1.807) is 0 Å². The standard InChI is InChI=1S/C16H19NO2/c1-12-9-10-17(11-14-7-5-4-6-8-14)13(2)15(12)16(18)19-3/h4-10,12H,11H2,1-3H3. The predicted molar refractivity (Wildman–Crippen MR) is 75.0 cm³/mol. The molecule has 100 valence electrons. The molecule has 19 heavy (non-hydrogen) atoms. The number of benzene rings is 1. The third-order valence-electron chi connectivity index (χ3n) is 3.43. The van der Waals surface area contributed by atoms with E-state index in [0.717, 1.165) is 17.8 Å². The van der Waals surface area contributed by atoms with E-state index in [0.29, 0.717) is 0 Å². The van der Waals surface area contributed by atoms with E-state index < -0.39 is 0 Å². The Hall–Kier alpha value is -2.03. The van der Waals surface area contributed by atoms with Crippen LogP contribution in [-0.2, 0) is 16.1 Å². The van der Waals surface area contributed by atoms with Crippen molar-refractivity contribution < 1.29 is 9.53 Å². The molecule has 1 unspecified atom stereocenters.